The molecule has 0 aliphatic carbocycles. The number of rotatable bonds is 6. The van der Waals surface area contributed by atoms with E-state index < -0.39 is 0 Å². The Hall–Kier alpha value is -1.56. The normalized spacial score (nSPS) is 17.0. The van der Waals surface area contributed by atoms with Crippen LogP contribution < -0.4 is 15.0 Å². The first kappa shape index (κ1) is 18.8. The highest BCUT2D eigenvalue weighted by atomic mass is 79.9. The van der Waals surface area contributed by atoms with E-state index in [4.69, 9.17) is 4.74 Å². The van der Waals surface area contributed by atoms with Crippen LogP contribution >= 0.6 is 15.9 Å². The minimum absolute atomic E-state index is 0.797. The standard InChI is InChI=1S/C22H28BrN3O/c1-2-25-8-10-26(11-9-25)21-6-4-3-5-18(21)15-24-16-19-14-20(23)13-17-7-12-27-22(17)19/h3-6,13-14,24H,2,7-12,15-16H2,1H3. The highest BCUT2D eigenvalue weighted by Crippen LogP contribution is 2.33. The molecule has 0 bridgehead atoms. The lowest BCUT2D eigenvalue weighted by Crippen LogP contribution is -2.46. The number of halogens is 1. The SMILES string of the molecule is CCN1CCN(c2ccccc2CNCc2cc(Br)cc3c2OCC3)CC1. The van der Waals surface area contributed by atoms with E-state index in [9.17, 15) is 0 Å². The number of likely N-dealkylation sites (N-methyl/N-ethyl adjacent to an activating group) is 1. The minimum Gasteiger partial charge on any atom is -0.493 e. The van der Waals surface area contributed by atoms with Crippen molar-refractivity contribution in [1.29, 1.82) is 0 Å². The zero-order chi connectivity index (χ0) is 18.6. The summed E-state index contributed by atoms with van der Waals surface area (Å²) in [6.45, 7) is 10.4. The van der Waals surface area contributed by atoms with Crippen LogP contribution in [0.2, 0.25) is 0 Å². The smallest absolute Gasteiger partial charge is 0.127 e. The Morgan fingerprint density at radius 1 is 1.04 bits per heavy atom. The fourth-order valence-corrected chi connectivity index (χ4v) is 4.64. The molecule has 0 radical (unpaired) electrons. The lowest BCUT2D eigenvalue weighted by Gasteiger charge is -2.36. The molecule has 0 atom stereocenters. The van der Waals surface area contributed by atoms with Crippen LogP contribution in [0.15, 0.2) is 40.9 Å². The Labute approximate surface area is 170 Å². The third-order valence-electron chi connectivity index (χ3n) is 5.61. The summed E-state index contributed by atoms with van der Waals surface area (Å²) in [4.78, 5) is 5.05. The van der Waals surface area contributed by atoms with Crippen molar-refractivity contribution in [3.63, 3.8) is 0 Å². The van der Waals surface area contributed by atoms with E-state index in [0.717, 1.165) is 69.1 Å². The molecule has 5 heteroatoms. The highest BCUT2D eigenvalue weighted by molar-refractivity contribution is 9.10. The Bertz CT molecular complexity index is 787. The van der Waals surface area contributed by atoms with Gasteiger partial charge >= 0.3 is 0 Å². The van der Waals surface area contributed by atoms with Gasteiger partial charge in [0.2, 0.25) is 0 Å². The summed E-state index contributed by atoms with van der Waals surface area (Å²) in [5.74, 6) is 1.08. The largest absolute Gasteiger partial charge is 0.493 e. The van der Waals surface area contributed by atoms with E-state index >= 15 is 0 Å². The van der Waals surface area contributed by atoms with Gasteiger partial charge in [-0.05, 0) is 35.9 Å². The van der Waals surface area contributed by atoms with Gasteiger partial charge in [-0.2, -0.15) is 0 Å². The molecule has 0 unspecified atom stereocenters. The Balaban J connectivity index is 1.41. The molecule has 1 saturated heterocycles. The van der Waals surface area contributed by atoms with Crippen molar-refractivity contribution in [2.75, 3.05) is 44.2 Å². The Kier molecular flexibility index (Phi) is 6.01. The summed E-state index contributed by atoms with van der Waals surface area (Å²) in [6, 6.07) is 13.2. The number of hydrogen-bond donors (Lipinski definition) is 1. The predicted molar refractivity (Wildman–Crippen MR) is 115 cm³/mol. The van der Waals surface area contributed by atoms with Crippen molar-refractivity contribution in [2.45, 2.75) is 26.4 Å². The van der Waals surface area contributed by atoms with Gasteiger partial charge in [-0.1, -0.05) is 41.1 Å². The number of fused-ring (bicyclic) bond motifs is 1. The molecule has 1 fully saturated rings. The van der Waals surface area contributed by atoms with Crippen LogP contribution in [0.25, 0.3) is 0 Å². The van der Waals surface area contributed by atoms with Crippen LogP contribution in [0.1, 0.15) is 23.6 Å². The number of nitrogens with one attached hydrogen (secondary N) is 1. The van der Waals surface area contributed by atoms with Crippen molar-refractivity contribution in [3.8, 4) is 5.75 Å². The minimum atomic E-state index is 0.797. The maximum Gasteiger partial charge on any atom is 0.127 e. The number of piperazine rings is 1. The molecule has 1 N–H and O–H groups in total. The molecule has 2 aliphatic rings. The third-order valence-corrected chi connectivity index (χ3v) is 6.07. The Morgan fingerprint density at radius 3 is 2.63 bits per heavy atom. The van der Waals surface area contributed by atoms with Gasteiger partial charge in [-0.25, -0.2) is 0 Å². The lowest BCUT2D eigenvalue weighted by atomic mass is 10.1. The summed E-state index contributed by atoms with van der Waals surface area (Å²) in [5.41, 5.74) is 5.30. The quantitative estimate of drug-likeness (QED) is 0.755. The predicted octanol–water partition coefficient (Wildman–Crippen LogP) is 3.82. The number of hydrogen-bond acceptors (Lipinski definition) is 4. The maximum atomic E-state index is 5.85. The molecule has 4 nitrogen and oxygen atoms in total. The fraction of sp³-hybridized carbons (Fsp3) is 0.455. The molecule has 0 saturated carbocycles. The number of nitrogens with zero attached hydrogens (tertiary/aromatic N) is 2. The van der Waals surface area contributed by atoms with E-state index in [0.29, 0.717) is 0 Å². The molecule has 2 heterocycles. The summed E-state index contributed by atoms with van der Waals surface area (Å²) in [5, 5.41) is 3.64. The molecule has 144 valence electrons. The van der Waals surface area contributed by atoms with E-state index in [2.05, 4.69) is 74.4 Å². The molecule has 2 aliphatic heterocycles. The van der Waals surface area contributed by atoms with Gasteiger partial charge in [0, 0.05) is 61.4 Å². The highest BCUT2D eigenvalue weighted by Gasteiger charge is 2.19. The van der Waals surface area contributed by atoms with Crippen molar-refractivity contribution < 1.29 is 4.74 Å². The summed E-state index contributed by atoms with van der Waals surface area (Å²) >= 11 is 3.63. The van der Waals surface area contributed by atoms with Crippen LogP contribution in [-0.4, -0.2) is 44.2 Å². The van der Waals surface area contributed by atoms with E-state index in [1.54, 1.807) is 0 Å². The van der Waals surface area contributed by atoms with Crippen LogP contribution in [-0.2, 0) is 19.5 Å². The molecule has 4 rings (SSSR count). The second kappa shape index (κ2) is 8.63. The van der Waals surface area contributed by atoms with Crippen LogP contribution in [0, 0.1) is 0 Å². The van der Waals surface area contributed by atoms with E-state index in [-0.39, 0.29) is 0 Å². The molecular formula is C22H28BrN3O. The molecule has 0 amide bonds. The summed E-state index contributed by atoms with van der Waals surface area (Å²) < 4.78 is 6.99. The molecule has 0 aromatic heterocycles. The summed E-state index contributed by atoms with van der Waals surface area (Å²) in [7, 11) is 0. The van der Waals surface area contributed by atoms with E-state index in [1.165, 1.54) is 22.4 Å². The zero-order valence-corrected chi connectivity index (χ0v) is 17.6. The first-order valence-corrected chi connectivity index (χ1v) is 10.7. The monoisotopic (exact) mass is 429 g/mol. The first-order valence-electron chi connectivity index (χ1n) is 9.94. The number of anilines is 1. The Morgan fingerprint density at radius 2 is 1.81 bits per heavy atom. The number of benzene rings is 2. The van der Waals surface area contributed by atoms with Crippen LogP contribution in [0.5, 0.6) is 5.75 Å². The van der Waals surface area contributed by atoms with Gasteiger partial charge in [0.1, 0.15) is 5.75 Å². The van der Waals surface area contributed by atoms with Crippen molar-refractivity contribution in [3.05, 3.63) is 57.6 Å². The van der Waals surface area contributed by atoms with Gasteiger partial charge in [0.15, 0.2) is 0 Å². The molecule has 27 heavy (non-hydrogen) atoms. The van der Waals surface area contributed by atoms with Gasteiger partial charge in [-0.3, -0.25) is 0 Å². The third kappa shape index (κ3) is 4.31. The van der Waals surface area contributed by atoms with Gasteiger partial charge in [-0.15, -0.1) is 0 Å². The second-order valence-corrected chi connectivity index (χ2v) is 8.22. The van der Waals surface area contributed by atoms with Gasteiger partial charge < -0.3 is 19.9 Å². The summed E-state index contributed by atoms with van der Waals surface area (Å²) in [6.07, 6.45) is 1.01. The van der Waals surface area contributed by atoms with Crippen molar-refractivity contribution in [1.82, 2.24) is 10.2 Å². The average Bonchev–Trinajstić information content (AvgIpc) is 3.17. The lowest BCUT2D eigenvalue weighted by molar-refractivity contribution is 0.271. The molecular weight excluding hydrogens is 402 g/mol. The first-order chi connectivity index (χ1) is 13.2. The molecule has 0 spiro atoms. The average molecular weight is 430 g/mol. The number of para-hydroxylation sites is 1. The van der Waals surface area contributed by atoms with Crippen molar-refractivity contribution in [2.24, 2.45) is 0 Å². The van der Waals surface area contributed by atoms with Crippen LogP contribution in [0.3, 0.4) is 0 Å². The zero-order valence-electron chi connectivity index (χ0n) is 16.0. The van der Waals surface area contributed by atoms with Gasteiger partial charge in [0.05, 0.1) is 6.61 Å². The molecule has 2 aromatic carbocycles. The maximum absolute atomic E-state index is 5.85. The topological polar surface area (TPSA) is 27.7 Å². The van der Waals surface area contributed by atoms with E-state index in [1.807, 2.05) is 0 Å². The van der Waals surface area contributed by atoms with Crippen LogP contribution in [0.4, 0.5) is 5.69 Å². The second-order valence-electron chi connectivity index (χ2n) is 7.31. The fourth-order valence-electron chi connectivity index (χ4n) is 4.08. The number of ether oxygens (including phenoxy) is 1. The van der Waals surface area contributed by atoms with Gasteiger partial charge in [0.25, 0.3) is 0 Å². The van der Waals surface area contributed by atoms with Crippen molar-refractivity contribution >= 4 is 21.6 Å². The molecule has 2 aromatic rings.